The van der Waals surface area contributed by atoms with Crippen molar-refractivity contribution < 1.29 is 4.74 Å². The zero-order chi connectivity index (χ0) is 19.8. The summed E-state index contributed by atoms with van der Waals surface area (Å²) in [7, 11) is 3.46. The highest BCUT2D eigenvalue weighted by Crippen LogP contribution is 2.23. The number of guanidine groups is 1. The minimum atomic E-state index is 0. The highest BCUT2D eigenvalue weighted by atomic mass is 127. The topological polar surface area (TPSA) is 48.9 Å². The molecule has 0 unspecified atom stereocenters. The molecule has 0 aromatic heterocycles. The van der Waals surface area contributed by atoms with E-state index in [9.17, 15) is 0 Å². The van der Waals surface area contributed by atoms with E-state index in [0.29, 0.717) is 17.6 Å². The van der Waals surface area contributed by atoms with Gasteiger partial charge < -0.3 is 15.4 Å². The van der Waals surface area contributed by atoms with Crippen LogP contribution in [0.5, 0.6) is 5.75 Å². The van der Waals surface area contributed by atoms with E-state index in [2.05, 4.69) is 50.9 Å². The fraction of sp³-hybridized carbons (Fsp3) is 0.409. The lowest BCUT2D eigenvalue weighted by atomic mass is 10.0. The average Bonchev–Trinajstić information content (AvgIpc) is 2.73. The first-order chi connectivity index (χ1) is 13.7. The van der Waals surface area contributed by atoms with Gasteiger partial charge in [0.1, 0.15) is 5.75 Å². The predicted molar refractivity (Wildman–Crippen MR) is 131 cm³/mol. The van der Waals surface area contributed by atoms with Crippen molar-refractivity contribution in [2.24, 2.45) is 4.99 Å². The Labute approximate surface area is 195 Å². The number of nitrogens with one attached hydrogen (secondary N) is 2. The SMILES string of the molecule is CN=C(NCc1ccc(Cl)cc1OC)NC1CCN(Cc2ccccc2)CC1.I. The second-order valence-corrected chi connectivity index (χ2v) is 7.50. The van der Waals surface area contributed by atoms with Crippen LogP contribution in [-0.2, 0) is 13.1 Å². The van der Waals surface area contributed by atoms with Gasteiger partial charge in [-0.25, -0.2) is 0 Å². The highest BCUT2D eigenvalue weighted by Gasteiger charge is 2.20. The summed E-state index contributed by atoms with van der Waals surface area (Å²) in [5.41, 5.74) is 2.43. The lowest BCUT2D eigenvalue weighted by Gasteiger charge is -2.33. The van der Waals surface area contributed by atoms with Gasteiger partial charge in [0.25, 0.3) is 0 Å². The van der Waals surface area contributed by atoms with Crippen molar-refractivity contribution in [2.75, 3.05) is 27.2 Å². The molecule has 1 aliphatic rings. The number of halogens is 2. The van der Waals surface area contributed by atoms with Crippen LogP contribution in [0.3, 0.4) is 0 Å². The van der Waals surface area contributed by atoms with Gasteiger partial charge in [-0.2, -0.15) is 0 Å². The van der Waals surface area contributed by atoms with Gasteiger partial charge in [0.15, 0.2) is 5.96 Å². The Hall–Kier alpha value is -1.51. The fourth-order valence-corrected chi connectivity index (χ4v) is 3.67. The summed E-state index contributed by atoms with van der Waals surface area (Å²) in [6.45, 7) is 3.84. The number of hydrogen-bond acceptors (Lipinski definition) is 3. The second-order valence-electron chi connectivity index (χ2n) is 7.06. The number of aliphatic imine (C=N–C) groups is 1. The lowest BCUT2D eigenvalue weighted by Crippen LogP contribution is -2.48. The molecule has 1 heterocycles. The van der Waals surface area contributed by atoms with Crippen molar-refractivity contribution in [1.82, 2.24) is 15.5 Å². The molecule has 29 heavy (non-hydrogen) atoms. The van der Waals surface area contributed by atoms with E-state index in [1.54, 1.807) is 14.2 Å². The summed E-state index contributed by atoms with van der Waals surface area (Å²) in [6.07, 6.45) is 2.22. The molecule has 0 aliphatic carbocycles. The molecule has 5 nitrogen and oxygen atoms in total. The monoisotopic (exact) mass is 528 g/mol. The van der Waals surface area contributed by atoms with Crippen molar-refractivity contribution in [3.63, 3.8) is 0 Å². The number of benzene rings is 2. The first-order valence-corrected chi connectivity index (χ1v) is 10.1. The largest absolute Gasteiger partial charge is 0.496 e. The van der Waals surface area contributed by atoms with Crippen LogP contribution in [0.15, 0.2) is 53.5 Å². The summed E-state index contributed by atoms with van der Waals surface area (Å²) in [6, 6.07) is 16.8. The Morgan fingerprint density at radius 3 is 2.55 bits per heavy atom. The van der Waals surface area contributed by atoms with Gasteiger partial charge in [-0.3, -0.25) is 9.89 Å². The van der Waals surface area contributed by atoms with Gasteiger partial charge in [0, 0.05) is 49.9 Å². The molecule has 0 amide bonds. The van der Waals surface area contributed by atoms with Crippen LogP contribution in [0.1, 0.15) is 24.0 Å². The van der Waals surface area contributed by atoms with Gasteiger partial charge >= 0.3 is 0 Å². The van der Waals surface area contributed by atoms with Crippen molar-refractivity contribution in [3.05, 3.63) is 64.7 Å². The third-order valence-corrected chi connectivity index (χ3v) is 5.33. The predicted octanol–water partition coefficient (Wildman–Crippen LogP) is 4.30. The maximum absolute atomic E-state index is 6.04. The van der Waals surface area contributed by atoms with Crippen molar-refractivity contribution in [2.45, 2.75) is 32.0 Å². The molecule has 1 fully saturated rings. The van der Waals surface area contributed by atoms with Crippen LogP contribution in [0.4, 0.5) is 0 Å². The first kappa shape index (κ1) is 23.8. The van der Waals surface area contributed by atoms with E-state index in [1.807, 2.05) is 18.2 Å². The molecule has 3 rings (SSSR count). The highest BCUT2D eigenvalue weighted by molar-refractivity contribution is 14.0. The fourth-order valence-electron chi connectivity index (χ4n) is 3.51. The minimum absolute atomic E-state index is 0. The van der Waals surface area contributed by atoms with E-state index in [0.717, 1.165) is 49.7 Å². The van der Waals surface area contributed by atoms with Gasteiger partial charge in [-0.15, -0.1) is 24.0 Å². The smallest absolute Gasteiger partial charge is 0.191 e. The van der Waals surface area contributed by atoms with E-state index in [-0.39, 0.29) is 24.0 Å². The lowest BCUT2D eigenvalue weighted by molar-refractivity contribution is 0.198. The maximum Gasteiger partial charge on any atom is 0.191 e. The molecule has 7 heteroatoms. The Balaban J connectivity index is 0.00000300. The Kier molecular flexibility index (Phi) is 10.0. The molecule has 2 aromatic rings. The quantitative estimate of drug-likeness (QED) is 0.334. The molecule has 0 atom stereocenters. The molecule has 1 aliphatic heterocycles. The summed E-state index contributed by atoms with van der Waals surface area (Å²) >= 11 is 6.04. The molecule has 0 radical (unpaired) electrons. The standard InChI is InChI=1S/C22H29ClN4O.HI/c1-24-22(25-15-18-8-9-19(23)14-21(18)28-2)26-20-10-12-27(13-11-20)16-17-6-4-3-5-7-17;/h3-9,14,20H,10-13,15-16H2,1-2H3,(H2,24,25,26);1H. The van der Waals surface area contributed by atoms with E-state index in [4.69, 9.17) is 16.3 Å². The molecule has 0 bridgehead atoms. The van der Waals surface area contributed by atoms with Crippen LogP contribution >= 0.6 is 35.6 Å². The van der Waals surface area contributed by atoms with Crippen LogP contribution in [0.25, 0.3) is 0 Å². The molecule has 0 saturated carbocycles. The summed E-state index contributed by atoms with van der Waals surface area (Å²) < 4.78 is 5.41. The summed E-state index contributed by atoms with van der Waals surface area (Å²) in [5.74, 6) is 1.60. The van der Waals surface area contributed by atoms with Crippen molar-refractivity contribution in [3.8, 4) is 5.75 Å². The average molecular weight is 529 g/mol. The molecule has 2 N–H and O–H groups in total. The number of likely N-dealkylation sites (tertiary alicyclic amines) is 1. The number of methoxy groups -OCH3 is 1. The van der Waals surface area contributed by atoms with Gasteiger partial charge in [0.2, 0.25) is 0 Å². The number of hydrogen-bond donors (Lipinski definition) is 2. The minimum Gasteiger partial charge on any atom is -0.496 e. The van der Waals surface area contributed by atoms with Gasteiger partial charge in [0.05, 0.1) is 7.11 Å². The van der Waals surface area contributed by atoms with Crippen LogP contribution < -0.4 is 15.4 Å². The summed E-state index contributed by atoms with van der Waals surface area (Å²) in [4.78, 5) is 6.89. The normalized spacial score (nSPS) is 15.5. The van der Waals surface area contributed by atoms with Crippen molar-refractivity contribution in [1.29, 1.82) is 0 Å². The Bertz CT molecular complexity index is 780. The van der Waals surface area contributed by atoms with Gasteiger partial charge in [-0.1, -0.05) is 48.0 Å². The summed E-state index contributed by atoms with van der Waals surface area (Å²) in [5, 5.41) is 7.61. The molecule has 2 aromatic carbocycles. The van der Waals surface area contributed by atoms with Crippen LogP contribution in [0, 0.1) is 0 Å². The van der Waals surface area contributed by atoms with E-state index in [1.165, 1.54) is 5.56 Å². The Morgan fingerprint density at radius 2 is 1.90 bits per heavy atom. The zero-order valence-corrected chi connectivity index (χ0v) is 20.1. The number of nitrogens with zero attached hydrogens (tertiary/aromatic N) is 2. The number of piperidine rings is 1. The maximum atomic E-state index is 6.04. The van der Waals surface area contributed by atoms with Gasteiger partial charge in [-0.05, 0) is 30.5 Å². The molecular formula is C22H30ClIN4O. The van der Waals surface area contributed by atoms with E-state index < -0.39 is 0 Å². The number of ether oxygens (including phenoxy) is 1. The Morgan fingerprint density at radius 1 is 1.17 bits per heavy atom. The van der Waals surface area contributed by atoms with Crippen molar-refractivity contribution >= 4 is 41.5 Å². The third-order valence-electron chi connectivity index (χ3n) is 5.10. The molecular weight excluding hydrogens is 499 g/mol. The first-order valence-electron chi connectivity index (χ1n) is 9.74. The molecule has 1 saturated heterocycles. The van der Waals surface area contributed by atoms with Crippen LogP contribution in [0.2, 0.25) is 5.02 Å². The third kappa shape index (κ3) is 7.35. The molecule has 158 valence electrons. The zero-order valence-electron chi connectivity index (χ0n) is 17.0. The number of rotatable bonds is 6. The van der Waals surface area contributed by atoms with Crippen LogP contribution in [-0.4, -0.2) is 44.1 Å². The van der Waals surface area contributed by atoms with E-state index >= 15 is 0 Å². The second kappa shape index (κ2) is 12.2. The molecule has 0 spiro atoms.